The molecule has 4 aromatic rings. The van der Waals surface area contributed by atoms with Crippen LogP contribution in [-0.4, -0.2) is 16.7 Å². The Morgan fingerprint density at radius 2 is 1.53 bits per heavy atom. The van der Waals surface area contributed by atoms with Gasteiger partial charge in [-0.3, -0.25) is 4.79 Å². The second-order valence-corrected chi connectivity index (χ2v) is 7.54. The highest BCUT2D eigenvalue weighted by Gasteiger charge is 2.07. The second-order valence-electron chi connectivity index (χ2n) is 7.54. The minimum atomic E-state index is -0.253. The van der Waals surface area contributed by atoms with Crippen molar-refractivity contribution in [1.29, 1.82) is 0 Å². The number of hydrogen-bond acceptors (Lipinski definition) is 3. The minimum absolute atomic E-state index is 0.253. The molecule has 0 saturated heterocycles. The van der Waals surface area contributed by atoms with Crippen LogP contribution in [0.5, 0.6) is 5.75 Å². The summed E-state index contributed by atoms with van der Waals surface area (Å²) in [5.74, 6) is 0.528. The summed E-state index contributed by atoms with van der Waals surface area (Å²) < 4.78 is 7.93. The van der Waals surface area contributed by atoms with Crippen LogP contribution in [0, 0.1) is 13.8 Å². The Morgan fingerprint density at radius 3 is 2.19 bits per heavy atom. The Kier molecular flexibility index (Phi) is 6.46. The largest absolute Gasteiger partial charge is 0.489 e. The summed E-state index contributed by atoms with van der Waals surface area (Å²) in [6.07, 6.45) is 1.61. The van der Waals surface area contributed by atoms with Gasteiger partial charge in [0.2, 0.25) is 0 Å². The molecular formula is C27H25N3O2. The third-order valence-electron chi connectivity index (χ3n) is 5.17. The number of rotatable bonds is 7. The highest BCUT2D eigenvalue weighted by molar-refractivity contribution is 5.95. The van der Waals surface area contributed by atoms with Crippen LogP contribution in [0.15, 0.2) is 96.1 Å². The van der Waals surface area contributed by atoms with Crippen LogP contribution < -0.4 is 10.2 Å². The molecule has 5 heteroatoms. The first kappa shape index (κ1) is 21.1. The topological polar surface area (TPSA) is 55.6 Å². The zero-order chi connectivity index (χ0) is 22.3. The summed E-state index contributed by atoms with van der Waals surface area (Å²) in [7, 11) is 0. The third kappa shape index (κ3) is 5.13. The Hall–Kier alpha value is -4.12. The Bertz CT molecular complexity index is 1190. The van der Waals surface area contributed by atoms with Crippen molar-refractivity contribution in [3.8, 4) is 11.4 Å². The van der Waals surface area contributed by atoms with Gasteiger partial charge in [0.05, 0.1) is 6.21 Å². The average molecular weight is 424 g/mol. The van der Waals surface area contributed by atoms with Gasteiger partial charge < -0.3 is 9.30 Å². The first-order valence-corrected chi connectivity index (χ1v) is 10.5. The van der Waals surface area contributed by atoms with E-state index in [1.165, 1.54) is 0 Å². The molecule has 0 aliphatic carbocycles. The predicted octanol–water partition coefficient (Wildman–Crippen LogP) is 5.44. The number of hydrazone groups is 1. The van der Waals surface area contributed by atoms with Crippen LogP contribution in [0.3, 0.4) is 0 Å². The lowest BCUT2D eigenvalue weighted by Gasteiger charge is -2.10. The molecule has 1 heterocycles. The molecular weight excluding hydrogens is 398 g/mol. The van der Waals surface area contributed by atoms with Gasteiger partial charge in [0, 0.05) is 22.6 Å². The molecule has 5 nitrogen and oxygen atoms in total. The monoisotopic (exact) mass is 423 g/mol. The lowest BCUT2D eigenvalue weighted by atomic mass is 10.2. The van der Waals surface area contributed by atoms with Gasteiger partial charge in [0.15, 0.2) is 0 Å². The number of aryl methyl sites for hydroxylation is 2. The van der Waals surface area contributed by atoms with Gasteiger partial charge in [-0.2, -0.15) is 5.10 Å². The molecule has 160 valence electrons. The number of ether oxygens (including phenoxy) is 1. The number of amides is 1. The van der Waals surface area contributed by atoms with E-state index < -0.39 is 0 Å². The highest BCUT2D eigenvalue weighted by Crippen LogP contribution is 2.17. The first-order chi connectivity index (χ1) is 15.6. The Labute approximate surface area is 188 Å². The zero-order valence-corrected chi connectivity index (χ0v) is 18.2. The number of benzene rings is 3. The number of aromatic nitrogens is 1. The fraction of sp³-hybridized carbons (Fsp3) is 0.111. The number of carbonyl (C=O) groups excluding carboxylic acids is 1. The van der Waals surface area contributed by atoms with Crippen LogP contribution in [0.1, 0.15) is 32.9 Å². The molecule has 0 saturated carbocycles. The molecule has 0 spiro atoms. The molecule has 0 aliphatic rings. The summed E-state index contributed by atoms with van der Waals surface area (Å²) in [5.41, 5.74) is 8.45. The fourth-order valence-corrected chi connectivity index (χ4v) is 3.46. The van der Waals surface area contributed by atoms with Crippen LogP contribution in [0.2, 0.25) is 0 Å². The lowest BCUT2D eigenvalue weighted by molar-refractivity contribution is 0.0955. The van der Waals surface area contributed by atoms with E-state index >= 15 is 0 Å². The molecule has 32 heavy (non-hydrogen) atoms. The molecule has 0 fully saturated rings. The second kappa shape index (κ2) is 9.79. The summed E-state index contributed by atoms with van der Waals surface area (Å²) >= 11 is 0. The summed E-state index contributed by atoms with van der Waals surface area (Å²) in [6.45, 7) is 4.64. The van der Waals surface area contributed by atoms with Gasteiger partial charge >= 0.3 is 0 Å². The number of hydrogen-bond donors (Lipinski definition) is 1. The van der Waals surface area contributed by atoms with Crippen molar-refractivity contribution in [2.75, 3.05) is 0 Å². The maximum absolute atomic E-state index is 12.4. The van der Waals surface area contributed by atoms with Crippen LogP contribution in [0.25, 0.3) is 5.69 Å². The quantitative estimate of drug-likeness (QED) is 0.318. The SMILES string of the molecule is Cc1ccc(C)n1-c1ccc(C(=O)NN=Cc2ccc(OCc3ccccc3)cc2)cc1. The summed E-state index contributed by atoms with van der Waals surface area (Å²) in [6, 6.07) is 29.2. The molecule has 1 N–H and O–H groups in total. The molecule has 0 unspecified atom stereocenters. The molecule has 1 amide bonds. The molecule has 0 radical (unpaired) electrons. The Balaban J connectivity index is 1.31. The number of nitrogens with zero attached hydrogens (tertiary/aromatic N) is 2. The van der Waals surface area contributed by atoms with Crippen molar-refractivity contribution in [2.45, 2.75) is 20.5 Å². The molecule has 1 aromatic heterocycles. The van der Waals surface area contributed by atoms with Crippen molar-refractivity contribution in [2.24, 2.45) is 5.10 Å². The van der Waals surface area contributed by atoms with E-state index in [1.807, 2.05) is 66.7 Å². The van der Waals surface area contributed by atoms with Crippen LogP contribution in [0.4, 0.5) is 0 Å². The highest BCUT2D eigenvalue weighted by atomic mass is 16.5. The van der Waals surface area contributed by atoms with E-state index in [0.29, 0.717) is 12.2 Å². The van der Waals surface area contributed by atoms with Crippen molar-refractivity contribution >= 4 is 12.1 Å². The molecule has 0 bridgehead atoms. The van der Waals surface area contributed by atoms with E-state index in [2.05, 4.69) is 41.1 Å². The predicted molar refractivity (Wildman–Crippen MR) is 128 cm³/mol. The molecule has 3 aromatic carbocycles. The van der Waals surface area contributed by atoms with Crippen molar-refractivity contribution in [3.63, 3.8) is 0 Å². The van der Waals surface area contributed by atoms with Crippen molar-refractivity contribution in [3.05, 3.63) is 119 Å². The molecule has 4 rings (SSSR count). The normalized spacial score (nSPS) is 10.9. The number of nitrogens with one attached hydrogen (secondary N) is 1. The van der Waals surface area contributed by atoms with E-state index in [9.17, 15) is 4.79 Å². The van der Waals surface area contributed by atoms with Crippen LogP contribution in [-0.2, 0) is 6.61 Å². The average Bonchev–Trinajstić information content (AvgIpc) is 3.17. The first-order valence-electron chi connectivity index (χ1n) is 10.5. The molecule has 0 atom stereocenters. The van der Waals surface area contributed by atoms with E-state index in [0.717, 1.165) is 34.0 Å². The Morgan fingerprint density at radius 1 is 0.875 bits per heavy atom. The van der Waals surface area contributed by atoms with Gasteiger partial charge in [-0.25, -0.2) is 5.43 Å². The van der Waals surface area contributed by atoms with Gasteiger partial charge in [-0.15, -0.1) is 0 Å². The van der Waals surface area contributed by atoms with Crippen LogP contribution >= 0.6 is 0 Å². The minimum Gasteiger partial charge on any atom is -0.489 e. The van der Waals surface area contributed by atoms with E-state index in [4.69, 9.17) is 4.74 Å². The maximum Gasteiger partial charge on any atom is 0.271 e. The van der Waals surface area contributed by atoms with Crippen molar-refractivity contribution in [1.82, 2.24) is 9.99 Å². The van der Waals surface area contributed by atoms with Gasteiger partial charge in [0.1, 0.15) is 12.4 Å². The number of carbonyl (C=O) groups is 1. The maximum atomic E-state index is 12.4. The summed E-state index contributed by atoms with van der Waals surface area (Å²) in [4.78, 5) is 12.4. The van der Waals surface area contributed by atoms with Gasteiger partial charge in [-0.05, 0) is 85.6 Å². The zero-order valence-electron chi connectivity index (χ0n) is 18.2. The lowest BCUT2D eigenvalue weighted by Crippen LogP contribution is -2.17. The van der Waals surface area contributed by atoms with Crippen molar-refractivity contribution < 1.29 is 9.53 Å². The third-order valence-corrected chi connectivity index (χ3v) is 5.17. The molecule has 0 aliphatic heterocycles. The fourth-order valence-electron chi connectivity index (χ4n) is 3.46. The van der Waals surface area contributed by atoms with Gasteiger partial charge in [0.25, 0.3) is 5.91 Å². The van der Waals surface area contributed by atoms with E-state index in [-0.39, 0.29) is 5.91 Å². The smallest absolute Gasteiger partial charge is 0.271 e. The summed E-state index contributed by atoms with van der Waals surface area (Å²) in [5, 5.41) is 4.07. The standard InChI is InChI=1S/C27H25N3O2/c1-20-8-9-21(2)30(20)25-14-12-24(13-15-25)27(31)29-28-18-22-10-16-26(17-11-22)32-19-23-6-4-3-5-7-23/h3-18H,19H2,1-2H3,(H,29,31). The van der Waals surface area contributed by atoms with E-state index in [1.54, 1.807) is 18.3 Å². The van der Waals surface area contributed by atoms with Gasteiger partial charge in [-0.1, -0.05) is 30.3 Å².